The van der Waals surface area contributed by atoms with Crippen LogP contribution in [-0.2, 0) is 0 Å². The van der Waals surface area contributed by atoms with Gasteiger partial charge in [0.25, 0.3) is 0 Å². The van der Waals surface area contributed by atoms with Crippen LogP contribution in [0.5, 0.6) is 0 Å². The molecule has 0 aliphatic rings. The van der Waals surface area contributed by atoms with E-state index < -0.39 is 0 Å². The van der Waals surface area contributed by atoms with Gasteiger partial charge in [0, 0.05) is 23.5 Å². The maximum absolute atomic E-state index is 10.4. The average Bonchev–Trinajstić information content (AvgIpc) is 2.19. The average molecular weight is 195 g/mol. The first-order valence-electron chi connectivity index (χ1n) is 4.15. The molecule has 0 saturated heterocycles. The van der Waals surface area contributed by atoms with Gasteiger partial charge in [-0.1, -0.05) is 0 Å². The summed E-state index contributed by atoms with van der Waals surface area (Å²) in [6.07, 6.45) is 2.93. The van der Waals surface area contributed by atoms with Crippen LogP contribution in [0.25, 0.3) is 0 Å². The zero-order chi connectivity index (χ0) is 9.52. The van der Waals surface area contributed by atoms with Crippen LogP contribution in [0.15, 0.2) is 24.3 Å². The Bertz CT molecular complexity index is 258. The van der Waals surface area contributed by atoms with Gasteiger partial charge >= 0.3 is 0 Å². The summed E-state index contributed by atoms with van der Waals surface area (Å²) in [7, 11) is 0. The number of carbonyl (C=O) groups is 1. The number of aldehydes is 1. The highest BCUT2D eigenvalue weighted by molar-refractivity contribution is 7.98. The maximum Gasteiger partial charge on any atom is 0.150 e. The molecule has 0 heterocycles. The second-order valence-electron chi connectivity index (χ2n) is 2.66. The van der Waals surface area contributed by atoms with Gasteiger partial charge in [-0.25, -0.2) is 0 Å². The maximum atomic E-state index is 10.4. The number of rotatable bonds is 5. The summed E-state index contributed by atoms with van der Waals surface area (Å²) in [5.74, 6) is 1.09. The minimum absolute atomic E-state index is 0.718. The van der Waals surface area contributed by atoms with Crippen LogP contribution in [0.2, 0.25) is 0 Å². The van der Waals surface area contributed by atoms with Crippen molar-refractivity contribution in [1.82, 2.24) is 0 Å². The van der Waals surface area contributed by atoms with Gasteiger partial charge in [0.2, 0.25) is 0 Å². The number of carbonyl (C=O) groups excluding carboxylic acids is 1. The fourth-order valence-corrected chi connectivity index (χ4v) is 1.28. The summed E-state index contributed by atoms with van der Waals surface area (Å²) in [5.41, 5.74) is 1.79. The Hall–Kier alpha value is -0.960. The van der Waals surface area contributed by atoms with Crippen molar-refractivity contribution >= 4 is 23.7 Å². The van der Waals surface area contributed by atoms with Crippen molar-refractivity contribution in [3.63, 3.8) is 0 Å². The fraction of sp³-hybridized carbons (Fsp3) is 0.300. The van der Waals surface area contributed by atoms with E-state index in [-0.39, 0.29) is 0 Å². The Morgan fingerprint density at radius 3 is 2.62 bits per heavy atom. The van der Waals surface area contributed by atoms with Gasteiger partial charge in [-0.15, -0.1) is 0 Å². The van der Waals surface area contributed by atoms with Crippen molar-refractivity contribution in [3.8, 4) is 0 Å². The molecule has 0 bridgehead atoms. The predicted octanol–water partition coefficient (Wildman–Crippen LogP) is 2.27. The quantitative estimate of drug-likeness (QED) is 0.577. The molecule has 2 nitrogen and oxygen atoms in total. The lowest BCUT2D eigenvalue weighted by Crippen LogP contribution is -2.03. The van der Waals surface area contributed by atoms with Crippen molar-refractivity contribution in [1.29, 1.82) is 0 Å². The SMILES string of the molecule is CSCCNc1ccc(C=O)cc1. The number of hydrogen-bond donors (Lipinski definition) is 1. The Kier molecular flexibility index (Phi) is 4.40. The molecule has 0 aromatic heterocycles. The largest absolute Gasteiger partial charge is 0.384 e. The van der Waals surface area contributed by atoms with Gasteiger partial charge in [-0.3, -0.25) is 4.79 Å². The first-order chi connectivity index (χ1) is 6.36. The standard InChI is InChI=1S/C10H13NOS/c1-13-7-6-11-10-4-2-9(8-12)3-5-10/h2-5,8,11H,6-7H2,1H3. The van der Waals surface area contributed by atoms with Crippen LogP contribution in [0, 0.1) is 0 Å². The fourth-order valence-electron chi connectivity index (χ4n) is 0.977. The third kappa shape index (κ3) is 3.51. The van der Waals surface area contributed by atoms with Crippen molar-refractivity contribution in [2.24, 2.45) is 0 Å². The highest BCUT2D eigenvalue weighted by Crippen LogP contribution is 2.07. The number of benzene rings is 1. The molecule has 0 aliphatic carbocycles. The van der Waals surface area contributed by atoms with Crippen molar-refractivity contribution < 1.29 is 4.79 Å². The molecule has 1 rings (SSSR count). The van der Waals surface area contributed by atoms with E-state index >= 15 is 0 Å². The second kappa shape index (κ2) is 5.65. The van der Waals surface area contributed by atoms with E-state index in [9.17, 15) is 4.79 Å². The third-order valence-electron chi connectivity index (χ3n) is 1.68. The van der Waals surface area contributed by atoms with Gasteiger partial charge in [0.15, 0.2) is 0 Å². The van der Waals surface area contributed by atoms with Crippen LogP contribution in [0.4, 0.5) is 5.69 Å². The lowest BCUT2D eigenvalue weighted by atomic mass is 10.2. The molecular formula is C10H13NOS. The molecule has 0 spiro atoms. The summed E-state index contributed by atoms with van der Waals surface area (Å²) in [4.78, 5) is 10.4. The predicted molar refractivity (Wildman–Crippen MR) is 58.7 cm³/mol. The van der Waals surface area contributed by atoms with E-state index in [1.807, 2.05) is 36.0 Å². The van der Waals surface area contributed by atoms with Crippen molar-refractivity contribution in [2.45, 2.75) is 0 Å². The van der Waals surface area contributed by atoms with Crippen molar-refractivity contribution in [2.75, 3.05) is 23.9 Å². The first-order valence-corrected chi connectivity index (χ1v) is 5.54. The number of nitrogens with one attached hydrogen (secondary N) is 1. The summed E-state index contributed by atoms with van der Waals surface area (Å²) < 4.78 is 0. The molecule has 0 saturated carbocycles. The second-order valence-corrected chi connectivity index (χ2v) is 3.65. The Morgan fingerprint density at radius 1 is 1.38 bits per heavy atom. The van der Waals surface area contributed by atoms with E-state index in [1.54, 1.807) is 0 Å². The number of thioether (sulfide) groups is 1. The smallest absolute Gasteiger partial charge is 0.150 e. The molecular weight excluding hydrogens is 182 g/mol. The van der Waals surface area contributed by atoms with E-state index in [0.717, 1.165) is 29.8 Å². The lowest BCUT2D eigenvalue weighted by Gasteiger charge is -2.04. The van der Waals surface area contributed by atoms with Gasteiger partial charge in [0.05, 0.1) is 0 Å². The summed E-state index contributed by atoms with van der Waals surface area (Å²) in [6, 6.07) is 7.47. The van der Waals surface area contributed by atoms with Crippen LogP contribution in [0.3, 0.4) is 0 Å². The van der Waals surface area contributed by atoms with E-state index in [2.05, 4.69) is 11.6 Å². The molecule has 0 unspecified atom stereocenters. The number of hydrogen-bond acceptors (Lipinski definition) is 3. The zero-order valence-corrected chi connectivity index (χ0v) is 8.43. The molecule has 70 valence electrons. The molecule has 1 aromatic carbocycles. The molecule has 13 heavy (non-hydrogen) atoms. The zero-order valence-electron chi connectivity index (χ0n) is 7.62. The minimum Gasteiger partial charge on any atom is -0.384 e. The molecule has 1 aromatic rings. The molecule has 1 N–H and O–H groups in total. The highest BCUT2D eigenvalue weighted by Gasteiger charge is 1.91. The van der Waals surface area contributed by atoms with E-state index in [4.69, 9.17) is 0 Å². The molecule has 0 radical (unpaired) electrons. The molecule has 0 fully saturated rings. The summed E-state index contributed by atoms with van der Waals surface area (Å²) in [6.45, 7) is 0.960. The van der Waals surface area contributed by atoms with E-state index in [0.29, 0.717) is 0 Å². The topological polar surface area (TPSA) is 29.1 Å². The van der Waals surface area contributed by atoms with E-state index in [1.165, 1.54) is 0 Å². The third-order valence-corrected chi connectivity index (χ3v) is 2.29. The van der Waals surface area contributed by atoms with Gasteiger partial charge in [-0.05, 0) is 30.5 Å². The molecule has 0 aliphatic heterocycles. The van der Waals surface area contributed by atoms with Gasteiger partial charge in [-0.2, -0.15) is 11.8 Å². The first kappa shape index (κ1) is 10.1. The summed E-state index contributed by atoms with van der Waals surface area (Å²) >= 11 is 1.81. The van der Waals surface area contributed by atoms with Crippen LogP contribution in [0.1, 0.15) is 10.4 Å². The summed E-state index contributed by atoms with van der Waals surface area (Å²) in [5, 5.41) is 3.26. The number of anilines is 1. The highest BCUT2D eigenvalue weighted by atomic mass is 32.2. The van der Waals surface area contributed by atoms with Crippen LogP contribution < -0.4 is 5.32 Å². The molecule has 3 heteroatoms. The van der Waals surface area contributed by atoms with Crippen LogP contribution in [-0.4, -0.2) is 24.8 Å². The molecule has 0 amide bonds. The monoisotopic (exact) mass is 195 g/mol. The lowest BCUT2D eigenvalue weighted by molar-refractivity contribution is 0.112. The van der Waals surface area contributed by atoms with Crippen molar-refractivity contribution in [3.05, 3.63) is 29.8 Å². The Labute approximate surface area is 82.7 Å². The Balaban J connectivity index is 2.44. The van der Waals surface area contributed by atoms with Gasteiger partial charge < -0.3 is 5.32 Å². The minimum atomic E-state index is 0.718. The normalized spacial score (nSPS) is 9.62. The molecule has 0 atom stereocenters. The van der Waals surface area contributed by atoms with Gasteiger partial charge in [0.1, 0.15) is 6.29 Å². The van der Waals surface area contributed by atoms with Crippen LogP contribution >= 0.6 is 11.8 Å². The Morgan fingerprint density at radius 2 is 2.08 bits per heavy atom.